The molecule has 0 radical (unpaired) electrons. The topological polar surface area (TPSA) is 9.23 Å². The second kappa shape index (κ2) is 3.90. The first-order valence-electron chi connectivity index (χ1n) is 3.42. The standard InChI is InChI=1S/C6H3F3O.CH3.Zn/c7-4-1-3(10)2-5(8)6(4)9;;/h1-2,10H;1H3;/q;;+1/p-1. The molecular weight excluding hydrogens is 222 g/mol. The quantitative estimate of drug-likeness (QED) is 0.557. The van der Waals surface area contributed by atoms with E-state index < -0.39 is 34.9 Å². The van der Waals surface area contributed by atoms with Crippen molar-refractivity contribution in [1.29, 1.82) is 0 Å². The zero-order chi connectivity index (χ0) is 9.14. The molecule has 0 unspecified atom stereocenters. The van der Waals surface area contributed by atoms with Gasteiger partial charge in [0.25, 0.3) is 0 Å². The van der Waals surface area contributed by atoms with E-state index in [1.165, 1.54) is 0 Å². The summed E-state index contributed by atoms with van der Waals surface area (Å²) < 4.78 is 42.3. The minimum absolute atomic E-state index is 0.0777. The van der Waals surface area contributed by atoms with Gasteiger partial charge in [-0.3, -0.25) is 0 Å². The monoisotopic (exact) mass is 226 g/mol. The van der Waals surface area contributed by atoms with Gasteiger partial charge in [-0.05, 0) is 0 Å². The second-order valence-electron chi connectivity index (χ2n) is 2.13. The predicted octanol–water partition coefficient (Wildman–Crippen LogP) is 2.53. The van der Waals surface area contributed by atoms with Gasteiger partial charge in [0, 0.05) is 0 Å². The molecule has 0 spiro atoms. The fourth-order valence-electron chi connectivity index (χ4n) is 0.782. The molecule has 0 saturated carbocycles. The molecule has 0 atom stereocenters. The van der Waals surface area contributed by atoms with Crippen molar-refractivity contribution in [2.24, 2.45) is 0 Å². The van der Waals surface area contributed by atoms with E-state index in [0.29, 0.717) is 0 Å². The van der Waals surface area contributed by atoms with Crippen molar-refractivity contribution >= 4 is 0 Å². The SMILES string of the molecule is [CH3][Zn][O]c1cc(F)c(F)c(F)c1. The van der Waals surface area contributed by atoms with Crippen LogP contribution in [0.3, 0.4) is 0 Å². The van der Waals surface area contributed by atoms with Crippen LogP contribution in [0.2, 0.25) is 5.52 Å². The first kappa shape index (κ1) is 9.52. The van der Waals surface area contributed by atoms with Crippen LogP contribution >= 0.6 is 0 Å². The van der Waals surface area contributed by atoms with Crippen molar-refractivity contribution in [3.63, 3.8) is 0 Å². The molecule has 1 nitrogen and oxygen atoms in total. The minimum atomic E-state index is -1.45. The molecule has 12 heavy (non-hydrogen) atoms. The van der Waals surface area contributed by atoms with E-state index in [-0.39, 0.29) is 5.75 Å². The summed E-state index contributed by atoms with van der Waals surface area (Å²) in [5.41, 5.74) is 1.85. The molecule has 0 aliphatic carbocycles. The van der Waals surface area contributed by atoms with Gasteiger partial charge < -0.3 is 0 Å². The van der Waals surface area contributed by atoms with Gasteiger partial charge in [0.2, 0.25) is 0 Å². The van der Waals surface area contributed by atoms with Gasteiger partial charge >= 0.3 is 75.1 Å². The van der Waals surface area contributed by atoms with Crippen molar-refractivity contribution in [3.8, 4) is 5.75 Å². The summed E-state index contributed by atoms with van der Waals surface area (Å²) in [5.74, 6) is -3.79. The zero-order valence-electron chi connectivity index (χ0n) is 6.40. The van der Waals surface area contributed by atoms with Crippen LogP contribution in [0.1, 0.15) is 0 Å². The van der Waals surface area contributed by atoms with Gasteiger partial charge in [-0.25, -0.2) is 0 Å². The molecule has 0 fully saturated rings. The Kier molecular flexibility index (Phi) is 3.09. The van der Waals surface area contributed by atoms with E-state index in [9.17, 15) is 13.2 Å². The summed E-state index contributed by atoms with van der Waals surface area (Å²) in [6.07, 6.45) is 0. The average Bonchev–Trinajstić information content (AvgIpc) is 2.01. The summed E-state index contributed by atoms with van der Waals surface area (Å²) in [6, 6.07) is 1.71. The zero-order valence-corrected chi connectivity index (χ0v) is 9.37. The van der Waals surface area contributed by atoms with Gasteiger partial charge in [0.15, 0.2) is 0 Å². The number of halogens is 3. The van der Waals surface area contributed by atoms with Crippen molar-refractivity contribution < 1.29 is 34.2 Å². The van der Waals surface area contributed by atoms with E-state index in [1.54, 1.807) is 0 Å². The fraction of sp³-hybridized carbons (Fsp3) is 0.143. The number of benzene rings is 1. The molecule has 0 saturated heterocycles. The summed E-state index contributed by atoms with van der Waals surface area (Å²) in [4.78, 5) is 0. The van der Waals surface area contributed by atoms with Gasteiger partial charge in [-0.2, -0.15) is 0 Å². The Morgan fingerprint density at radius 1 is 1.17 bits per heavy atom. The van der Waals surface area contributed by atoms with Crippen LogP contribution in [0.4, 0.5) is 13.2 Å². The van der Waals surface area contributed by atoms with Gasteiger partial charge in [0.1, 0.15) is 0 Å². The Balaban J connectivity index is 3.04. The molecule has 0 amide bonds. The van der Waals surface area contributed by atoms with E-state index in [4.69, 9.17) is 3.56 Å². The predicted molar refractivity (Wildman–Crippen MR) is 32.8 cm³/mol. The Bertz CT molecular complexity index is 267. The van der Waals surface area contributed by atoms with Crippen LogP contribution < -0.4 is 3.56 Å². The van der Waals surface area contributed by atoms with Crippen LogP contribution in [0.25, 0.3) is 0 Å². The number of rotatable bonds is 2. The Morgan fingerprint density at radius 3 is 2.08 bits per heavy atom. The van der Waals surface area contributed by atoms with E-state index >= 15 is 0 Å². The molecule has 0 aliphatic rings. The molecule has 5 heteroatoms. The van der Waals surface area contributed by atoms with Crippen LogP contribution in [0.5, 0.6) is 5.75 Å². The van der Waals surface area contributed by atoms with Crippen molar-refractivity contribution in [2.75, 3.05) is 0 Å². The first-order chi connectivity index (χ1) is 5.65. The van der Waals surface area contributed by atoms with E-state index in [1.807, 2.05) is 5.52 Å². The Morgan fingerprint density at radius 2 is 1.67 bits per heavy atom. The summed E-state index contributed by atoms with van der Waals surface area (Å²) in [7, 11) is 0. The second-order valence-corrected chi connectivity index (χ2v) is 3.95. The normalized spacial score (nSPS) is 9.33. The molecule has 0 aromatic heterocycles. The molecule has 1 rings (SSSR count). The first-order valence-corrected chi connectivity index (χ1v) is 7.60. The van der Waals surface area contributed by atoms with E-state index in [2.05, 4.69) is 0 Å². The molecule has 0 bridgehead atoms. The van der Waals surface area contributed by atoms with E-state index in [0.717, 1.165) is 12.1 Å². The summed E-state index contributed by atoms with van der Waals surface area (Å²) in [5, 5.41) is 0. The number of hydrogen-bond acceptors (Lipinski definition) is 1. The van der Waals surface area contributed by atoms with Crippen molar-refractivity contribution in [2.45, 2.75) is 5.52 Å². The van der Waals surface area contributed by atoms with Gasteiger partial charge in [-0.15, -0.1) is 0 Å². The Labute approximate surface area is 75.5 Å². The van der Waals surface area contributed by atoms with Crippen molar-refractivity contribution in [3.05, 3.63) is 29.6 Å². The summed E-state index contributed by atoms with van der Waals surface area (Å²) >= 11 is -1.16. The molecular formula is C7H5F3OZn. The Hall–Kier alpha value is -0.567. The van der Waals surface area contributed by atoms with Crippen LogP contribution in [-0.4, -0.2) is 0 Å². The van der Waals surface area contributed by atoms with Crippen LogP contribution in [-0.2, 0) is 17.5 Å². The molecule has 1 aromatic carbocycles. The third-order valence-electron chi connectivity index (χ3n) is 1.27. The fourth-order valence-corrected chi connectivity index (χ4v) is 1.83. The number of hydrogen-bond donors (Lipinski definition) is 0. The van der Waals surface area contributed by atoms with Gasteiger partial charge in [0.05, 0.1) is 0 Å². The van der Waals surface area contributed by atoms with Crippen molar-refractivity contribution in [1.82, 2.24) is 0 Å². The third kappa shape index (κ3) is 1.97. The van der Waals surface area contributed by atoms with Crippen LogP contribution in [0.15, 0.2) is 12.1 Å². The molecule has 1 aromatic rings. The maximum atomic E-state index is 12.5. The summed E-state index contributed by atoms with van der Waals surface area (Å²) in [6.45, 7) is 0. The molecule has 0 aliphatic heterocycles. The van der Waals surface area contributed by atoms with Crippen LogP contribution in [0, 0.1) is 17.5 Å². The average molecular weight is 227 g/mol. The maximum absolute atomic E-state index is 12.5. The molecule has 0 N–H and O–H groups in total. The van der Waals surface area contributed by atoms with Gasteiger partial charge in [-0.1, -0.05) is 0 Å². The molecule has 62 valence electrons. The molecule has 0 heterocycles. The third-order valence-corrected chi connectivity index (χ3v) is 2.57.